The molecule has 4 rings (SSSR count). The predicted octanol–water partition coefficient (Wildman–Crippen LogP) is 2.16. The Hall–Kier alpha value is -4.74. The van der Waals surface area contributed by atoms with Crippen molar-refractivity contribution in [3.05, 3.63) is 59.8 Å². The van der Waals surface area contributed by atoms with Crippen molar-refractivity contribution in [3.63, 3.8) is 0 Å². The van der Waals surface area contributed by atoms with Gasteiger partial charge in [-0.15, -0.1) is 5.10 Å². The van der Waals surface area contributed by atoms with Crippen LogP contribution in [-0.4, -0.2) is 48.6 Å². The monoisotopic (exact) mass is 448 g/mol. The van der Waals surface area contributed by atoms with Gasteiger partial charge in [-0.3, -0.25) is 4.79 Å². The van der Waals surface area contributed by atoms with Crippen LogP contribution in [0.4, 0.5) is 5.82 Å². The second-order valence-electron chi connectivity index (χ2n) is 6.82. The fraction of sp³-hybridized carbons (Fsp3) is 0.143. The lowest BCUT2D eigenvalue weighted by Crippen LogP contribution is -2.21. The molecule has 2 heterocycles. The topological polar surface area (TPSA) is 167 Å². The summed E-state index contributed by atoms with van der Waals surface area (Å²) in [6.45, 7) is 4.10. The van der Waals surface area contributed by atoms with Crippen molar-refractivity contribution in [1.82, 2.24) is 30.7 Å². The van der Waals surface area contributed by atoms with E-state index in [1.807, 2.05) is 6.92 Å². The van der Waals surface area contributed by atoms with E-state index >= 15 is 0 Å². The highest BCUT2D eigenvalue weighted by Crippen LogP contribution is 2.28. The van der Waals surface area contributed by atoms with E-state index in [4.69, 9.17) is 10.5 Å². The molecule has 2 aromatic carbocycles. The smallest absolute Gasteiger partial charge is 0.294 e. The maximum Gasteiger partial charge on any atom is 0.294 e. The number of aromatic hydroxyl groups is 1. The number of benzene rings is 2. The molecular formula is C21H20N8O4. The summed E-state index contributed by atoms with van der Waals surface area (Å²) in [6, 6.07) is 13.5. The zero-order chi connectivity index (χ0) is 23.4. The number of phenolic OH excluding ortho intramolecular Hbond substituents is 1. The fourth-order valence-corrected chi connectivity index (χ4v) is 3.04. The SMILES string of the molecule is CCOc1ccc(-c2c(C(=O)N/N=C(\C)c3cccc(O)c3)nnn2-c2nonc2N)cc1. The molecule has 0 saturated carbocycles. The number of amides is 1. The number of nitrogens with zero attached hydrogens (tertiary/aromatic N) is 6. The van der Waals surface area contributed by atoms with Gasteiger partial charge in [0.05, 0.1) is 12.3 Å². The number of anilines is 1. The van der Waals surface area contributed by atoms with Crippen molar-refractivity contribution in [2.24, 2.45) is 5.10 Å². The van der Waals surface area contributed by atoms with E-state index in [0.717, 1.165) is 0 Å². The Morgan fingerprint density at radius 2 is 2.03 bits per heavy atom. The Bertz CT molecular complexity index is 1310. The molecule has 12 heteroatoms. The number of carbonyl (C=O) groups is 1. The number of nitrogens with one attached hydrogen (secondary N) is 1. The third-order valence-electron chi connectivity index (χ3n) is 4.61. The molecule has 0 radical (unpaired) electrons. The molecule has 4 aromatic rings. The van der Waals surface area contributed by atoms with Crippen molar-refractivity contribution < 1.29 is 19.3 Å². The van der Waals surface area contributed by atoms with Crippen molar-refractivity contribution in [3.8, 4) is 28.6 Å². The molecule has 0 aliphatic heterocycles. The van der Waals surface area contributed by atoms with Gasteiger partial charge in [0.25, 0.3) is 5.91 Å². The Balaban J connectivity index is 1.70. The van der Waals surface area contributed by atoms with Gasteiger partial charge < -0.3 is 15.6 Å². The Morgan fingerprint density at radius 3 is 2.70 bits per heavy atom. The molecule has 4 N–H and O–H groups in total. The highest BCUT2D eigenvalue weighted by atomic mass is 16.6. The van der Waals surface area contributed by atoms with Crippen molar-refractivity contribution in [2.45, 2.75) is 13.8 Å². The van der Waals surface area contributed by atoms with Gasteiger partial charge in [0, 0.05) is 11.1 Å². The zero-order valence-corrected chi connectivity index (χ0v) is 17.8. The standard InChI is InChI=1S/C21H20N8O4/c1-3-32-16-9-7-13(8-10-16)18-17(24-28-29(18)20-19(22)26-33-27-20)21(31)25-23-12(2)14-5-4-6-15(30)11-14/h4-11,30H,3H2,1-2H3,(H2,22,26)(H,25,31)/b23-12+. The van der Waals surface area contributed by atoms with Crippen LogP contribution in [0.25, 0.3) is 17.1 Å². The molecule has 0 bridgehead atoms. The molecule has 1 amide bonds. The number of hydrogen-bond donors (Lipinski definition) is 3. The van der Waals surface area contributed by atoms with Crippen LogP contribution in [-0.2, 0) is 0 Å². The number of ether oxygens (including phenoxy) is 1. The molecule has 0 aliphatic carbocycles. The third kappa shape index (κ3) is 4.49. The maximum absolute atomic E-state index is 13.0. The first kappa shape index (κ1) is 21.5. The van der Waals surface area contributed by atoms with Crippen LogP contribution >= 0.6 is 0 Å². The lowest BCUT2D eigenvalue weighted by molar-refractivity contribution is 0.0950. The van der Waals surface area contributed by atoms with E-state index in [0.29, 0.717) is 34.9 Å². The summed E-state index contributed by atoms with van der Waals surface area (Å²) in [6.07, 6.45) is 0. The first-order chi connectivity index (χ1) is 16.0. The van der Waals surface area contributed by atoms with Crippen LogP contribution in [0.5, 0.6) is 11.5 Å². The van der Waals surface area contributed by atoms with Crippen LogP contribution < -0.4 is 15.9 Å². The second kappa shape index (κ2) is 9.18. The van der Waals surface area contributed by atoms with Crippen molar-refractivity contribution in [2.75, 3.05) is 12.3 Å². The first-order valence-electron chi connectivity index (χ1n) is 9.89. The molecule has 12 nitrogen and oxygen atoms in total. The highest BCUT2D eigenvalue weighted by Gasteiger charge is 2.25. The first-order valence-corrected chi connectivity index (χ1v) is 9.89. The summed E-state index contributed by atoms with van der Waals surface area (Å²) < 4.78 is 11.4. The van der Waals surface area contributed by atoms with Gasteiger partial charge in [-0.1, -0.05) is 17.3 Å². The minimum atomic E-state index is -0.611. The predicted molar refractivity (Wildman–Crippen MR) is 118 cm³/mol. The number of nitrogen functional groups attached to an aromatic ring is 1. The average molecular weight is 448 g/mol. The molecule has 0 spiro atoms. The van der Waals surface area contributed by atoms with Crippen LogP contribution in [0.3, 0.4) is 0 Å². The fourth-order valence-electron chi connectivity index (χ4n) is 3.04. The summed E-state index contributed by atoms with van der Waals surface area (Å²) in [5.41, 5.74) is 10.3. The van der Waals surface area contributed by atoms with E-state index in [1.165, 1.54) is 10.7 Å². The van der Waals surface area contributed by atoms with E-state index in [9.17, 15) is 9.90 Å². The lowest BCUT2D eigenvalue weighted by atomic mass is 10.1. The molecule has 0 fully saturated rings. The van der Waals surface area contributed by atoms with Gasteiger partial charge in [0.2, 0.25) is 11.6 Å². The number of aromatic nitrogens is 5. The minimum absolute atomic E-state index is 0.0169. The van der Waals surface area contributed by atoms with Gasteiger partial charge in [-0.25, -0.2) is 10.1 Å². The maximum atomic E-state index is 13.0. The number of hydrazone groups is 1. The Kier molecular flexibility index (Phi) is 5.98. The molecule has 0 aliphatic rings. The molecule has 2 aromatic heterocycles. The number of phenols is 1. The summed E-state index contributed by atoms with van der Waals surface area (Å²) in [7, 11) is 0. The quantitative estimate of drug-likeness (QED) is 0.283. The Labute approximate surface area is 187 Å². The number of carbonyl (C=O) groups excluding carboxylic acids is 1. The number of hydrogen-bond acceptors (Lipinski definition) is 10. The molecule has 168 valence electrons. The number of nitrogens with two attached hydrogens (primary N) is 1. The van der Waals surface area contributed by atoms with Gasteiger partial charge in [-0.05, 0) is 60.6 Å². The largest absolute Gasteiger partial charge is 0.508 e. The lowest BCUT2D eigenvalue weighted by Gasteiger charge is -2.08. The van der Waals surface area contributed by atoms with Crippen molar-refractivity contribution >= 4 is 17.4 Å². The summed E-state index contributed by atoms with van der Waals surface area (Å²) >= 11 is 0. The normalized spacial score (nSPS) is 11.4. The molecular weight excluding hydrogens is 428 g/mol. The highest BCUT2D eigenvalue weighted by molar-refractivity contribution is 6.02. The summed E-state index contributed by atoms with van der Waals surface area (Å²) in [5, 5.41) is 29.1. The second-order valence-corrected chi connectivity index (χ2v) is 6.82. The van der Waals surface area contributed by atoms with Crippen LogP contribution in [0, 0.1) is 0 Å². The van der Waals surface area contributed by atoms with E-state index in [2.05, 4.69) is 35.8 Å². The van der Waals surface area contributed by atoms with E-state index in [1.54, 1.807) is 49.4 Å². The van der Waals surface area contributed by atoms with Crippen molar-refractivity contribution in [1.29, 1.82) is 0 Å². The van der Waals surface area contributed by atoms with E-state index in [-0.39, 0.29) is 23.1 Å². The van der Waals surface area contributed by atoms with Crippen LogP contribution in [0.1, 0.15) is 29.9 Å². The molecule has 0 atom stereocenters. The van der Waals surface area contributed by atoms with Crippen LogP contribution in [0.15, 0.2) is 58.3 Å². The average Bonchev–Trinajstić information content (AvgIpc) is 3.44. The summed E-state index contributed by atoms with van der Waals surface area (Å²) in [4.78, 5) is 13.0. The summed E-state index contributed by atoms with van der Waals surface area (Å²) in [5.74, 6) is 0.217. The Morgan fingerprint density at radius 1 is 1.24 bits per heavy atom. The molecule has 0 unspecified atom stereocenters. The minimum Gasteiger partial charge on any atom is -0.508 e. The van der Waals surface area contributed by atoms with E-state index < -0.39 is 5.91 Å². The zero-order valence-electron chi connectivity index (χ0n) is 17.8. The van der Waals surface area contributed by atoms with Gasteiger partial charge in [0.15, 0.2) is 5.69 Å². The molecule has 0 saturated heterocycles. The number of rotatable bonds is 7. The van der Waals surface area contributed by atoms with Crippen LogP contribution in [0.2, 0.25) is 0 Å². The van der Waals surface area contributed by atoms with Gasteiger partial charge in [0.1, 0.15) is 17.2 Å². The van der Waals surface area contributed by atoms with Gasteiger partial charge >= 0.3 is 0 Å². The molecule has 33 heavy (non-hydrogen) atoms. The van der Waals surface area contributed by atoms with Gasteiger partial charge in [-0.2, -0.15) is 9.78 Å². The third-order valence-corrected chi connectivity index (χ3v) is 4.61.